The number of rotatable bonds is 4. The highest BCUT2D eigenvalue weighted by atomic mass is 32.2. The van der Waals surface area contributed by atoms with Gasteiger partial charge in [-0.05, 0) is 32.8 Å². The number of nitrogens with zero attached hydrogens (tertiary/aromatic N) is 1. The maximum atomic E-state index is 10.4. The molecule has 2 atom stereocenters. The summed E-state index contributed by atoms with van der Waals surface area (Å²) in [5, 5.41) is 10.4. The van der Waals surface area contributed by atoms with Gasteiger partial charge < -0.3 is 5.11 Å². The predicted molar refractivity (Wildman–Crippen MR) is 83.9 cm³/mol. The zero-order valence-electron chi connectivity index (χ0n) is 12.2. The van der Waals surface area contributed by atoms with Crippen LogP contribution in [-0.4, -0.2) is 40.6 Å². The van der Waals surface area contributed by atoms with Crippen LogP contribution in [0.25, 0.3) is 0 Å². The number of benzene rings is 1. The van der Waals surface area contributed by atoms with Crippen LogP contribution in [-0.2, 0) is 0 Å². The van der Waals surface area contributed by atoms with Gasteiger partial charge in [-0.3, -0.25) is 4.90 Å². The zero-order valence-corrected chi connectivity index (χ0v) is 13.0. The summed E-state index contributed by atoms with van der Waals surface area (Å²) in [6.07, 6.45) is 0.498. The van der Waals surface area contributed by atoms with Crippen LogP contribution < -0.4 is 0 Å². The van der Waals surface area contributed by atoms with Gasteiger partial charge in [0.15, 0.2) is 0 Å². The second kappa shape index (κ2) is 6.78. The van der Waals surface area contributed by atoms with E-state index in [1.807, 2.05) is 11.8 Å². The van der Waals surface area contributed by atoms with Crippen molar-refractivity contribution in [2.75, 3.05) is 24.6 Å². The fourth-order valence-corrected chi connectivity index (χ4v) is 3.83. The highest BCUT2D eigenvalue weighted by Crippen LogP contribution is 2.22. The van der Waals surface area contributed by atoms with Gasteiger partial charge >= 0.3 is 0 Å². The van der Waals surface area contributed by atoms with Gasteiger partial charge in [0.2, 0.25) is 0 Å². The Balaban J connectivity index is 1.91. The van der Waals surface area contributed by atoms with Crippen molar-refractivity contribution in [1.29, 1.82) is 0 Å². The molecule has 2 rings (SSSR count). The molecular weight excluding hydrogens is 254 g/mol. The van der Waals surface area contributed by atoms with E-state index in [4.69, 9.17) is 0 Å². The third-order valence-electron chi connectivity index (χ3n) is 3.82. The second-order valence-electron chi connectivity index (χ2n) is 5.69. The van der Waals surface area contributed by atoms with E-state index in [-0.39, 0.29) is 6.10 Å². The lowest BCUT2D eigenvalue weighted by atomic mass is 10.0. The highest BCUT2D eigenvalue weighted by Gasteiger charge is 2.19. The fourth-order valence-electron chi connectivity index (χ4n) is 2.75. The lowest BCUT2D eigenvalue weighted by Crippen LogP contribution is -2.41. The zero-order chi connectivity index (χ0) is 13.8. The fraction of sp³-hybridized carbons (Fsp3) is 0.625. The molecule has 0 bridgehead atoms. The molecule has 1 N–H and O–H groups in total. The van der Waals surface area contributed by atoms with E-state index in [9.17, 15) is 5.11 Å². The Hall–Kier alpha value is -0.510. The Morgan fingerprint density at radius 2 is 2.00 bits per heavy atom. The van der Waals surface area contributed by atoms with Crippen molar-refractivity contribution in [3.63, 3.8) is 0 Å². The predicted octanol–water partition coefficient (Wildman–Crippen LogP) is 3.16. The number of aliphatic hydroxyl groups excluding tert-OH is 1. The van der Waals surface area contributed by atoms with Gasteiger partial charge in [0, 0.05) is 30.6 Å². The van der Waals surface area contributed by atoms with Crippen LogP contribution in [0.5, 0.6) is 0 Å². The van der Waals surface area contributed by atoms with Gasteiger partial charge in [-0.25, -0.2) is 0 Å². The van der Waals surface area contributed by atoms with Gasteiger partial charge in [0.25, 0.3) is 0 Å². The molecular formula is C16H25NOS. The number of aliphatic hydroxyl groups is 1. The molecule has 1 fully saturated rings. The Kier molecular flexibility index (Phi) is 5.31. The minimum Gasteiger partial charge on any atom is -0.388 e. The van der Waals surface area contributed by atoms with Crippen LogP contribution in [0.3, 0.4) is 0 Å². The standard InChI is InChI=1S/C16H25NOS/c1-12-8-13(2)10-15(9-12)16(18)4-5-17-6-7-19-11-14(17)3/h8-10,14,16,18H,4-7,11H2,1-3H3. The third-order valence-corrected chi connectivity index (χ3v) is 5.01. The maximum Gasteiger partial charge on any atom is 0.0802 e. The Labute approximate surface area is 121 Å². The first-order valence-electron chi connectivity index (χ1n) is 7.14. The second-order valence-corrected chi connectivity index (χ2v) is 6.84. The molecule has 1 heterocycles. The van der Waals surface area contributed by atoms with Crippen molar-refractivity contribution < 1.29 is 5.11 Å². The van der Waals surface area contributed by atoms with Crippen LogP contribution in [0, 0.1) is 13.8 Å². The lowest BCUT2D eigenvalue weighted by Gasteiger charge is -2.33. The summed E-state index contributed by atoms with van der Waals surface area (Å²) in [5.41, 5.74) is 3.53. The van der Waals surface area contributed by atoms with Crippen molar-refractivity contribution in [1.82, 2.24) is 4.90 Å². The summed E-state index contributed by atoms with van der Waals surface area (Å²) in [6.45, 7) is 8.62. The molecule has 2 unspecified atom stereocenters. The minimum atomic E-state index is -0.333. The van der Waals surface area contributed by atoms with E-state index >= 15 is 0 Å². The summed E-state index contributed by atoms with van der Waals surface area (Å²) < 4.78 is 0. The van der Waals surface area contributed by atoms with Crippen molar-refractivity contribution in [2.45, 2.75) is 39.3 Å². The van der Waals surface area contributed by atoms with E-state index in [0.29, 0.717) is 6.04 Å². The van der Waals surface area contributed by atoms with Crippen LogP contribution in [0.15, 0.2) is 18.2 Å². The lowest BCUT2D eigenvalue weighted by molar-refractivity contribution is 0.133. The van der Waals surface area contributed by atoms with Gasteiger partial charge in [-0.1, -0.05) is 29.3 Å². The molecule has 1 aromatic carbocycles. The molecule has 19 heavy (non-hydrogen) atoms. The average Bonchev–Trinajstić information content (AvgIpc) is 2.36. The Morgan fingerprint density at radius 3 is 2.63 bits per heavy atom. The maximum absolute atomic E-state index is 10.4. The molecule has 2 nitrogen and oxygen atoms in total. The largest absolute Gasteiger partial charge is 0.388 e. The summed E-state index contributed by atoms with van der Waals surface area (Å²) in [6, 6.07) is 7.01. The molecule has 106 valence electrons. The van der Waals surface area contributed by atoms with Crippen LogP contribution >= 0.6 is 11.8 Å². The average molecular weight is 279 g/mol. The molecule has 1 aliphatic rings. The summed E-state index contributed by atoms with van der Waals surface area (Å²) in [4.78, 5) is 2.50. The Morgan fingerprint density at radius 1 is 1.32 bits per heavy atom. The molecule has 1 aliphatic heterocycles. The topological polar surface area (TPSA) is 23.5 Å². The van der Waals surface area contributed by atoms with Crippen molar-refractivity contribution >= 4 is 11.8 Å². The van der Waals surface area contributed by atoms with Gasteiger partial charge in [0.05, 0.1) is 6.10 Å². The van der Waals surface area contributed by atoms with Crippen molar-refractivity contribution in [3.05, 3.63) is 34.9 Å². The molecule has 0 amide bonds. The first-order valence-corrected chi connectivity index (χ1v) is 8.30. The molecule has 0 aliphatic carbocycles. The molecule has 0 spiro atoms. The van der Waals surface area contributed by atoms with Gasteiger partial charge in [-0.15, -0.1) is 0 Å². The van der Waals surface area contributed by atoms with Gasteiger partial charge in [0.1, 0.15) is 0 Å². The van der Waals surface area contributed by atoms with Gasteiger partial charge in [-0.2, -0.15) is 11.8 Å². The van der Waals surface area contributed by atoms with E-state index in [0.717, 1.165) is 25.1 Å². The number of hydrogen-bond acceptors (Lipinski definition) is 3. The molecule has 0 radical (unpaired) electrons. The van der Waals surface area contributed by atoms with Crippen LogP contribution in [0.4, 0.5) is 0 Å². The number of thioether (sulfide) groups is 1. The monoisotopic (exact) mass is 279 g/mol. The molecule has 1 saturated heterocycles. The van der Waals surface area contributed by atoms with E-state index < -0.39 is 0 Å². The summed E-state index contributed by atoms with van der Waals surface area (Å²) in [7, 11) is 0. The smallest absolute Gasteiger partial charge is 0.0802 e. The van der Waals surface area contributed by atoms with Crippen LogP contribution in [0.1, 0.15) is 36.1 Å². The number of hydrogen-bond donors (Lipinski definition) is 1. The summed E-state index contributed by atoms with van der Waals surface area (Å²) in [5.74, 6) is 2.45. The quantitative estimate of drug-likeness (QED) is 0.916. The molecule has 3 heteroatoms. The van der Waals surface area contributed by atoms with E-state index in [1.165, 1.54) is 22.6 Å². The molecule has 0 saturated carbocycles. The summed E-state index contributed by atoms with van der Waals surface area (Å²) >= 11 is 2.04. The highest BCUT2D eigenvalue weighted by molar-refractivity contribution is 7.99. The first kappa shape index (κ1) is 14.9. The first-order chi connectivity index (χ1) is 9.06. The van der Waals surface area contributed by atoms with E-state index in [1.54, 1.807) is 0 Å². The van der Waals surface area contributed by atoms with Crippen molar-refractivity contribution in [2.24, 2.45) is 0 Å². The molecule has 1 aromatic rings. The molecule has 0 aromatic heterocycles. The minimum absolute atomic E-state index is 0.333. The van der Waals surface area contributed by atoms with Crippen LogP contribution in [0.2, 0.25) is 0 Å². The van der Waals surface area contributed by atoms with Crippen molar-refractivity contribution in [3.8, 4) is 0 Å². The SMILES string of the molecule is Cc1cc(C)cc(C(O)CCN2CCSCC2C)c1. The van der Waals surface area contributed by atoms with E-state index in [2.05, 4.69) is 43.9 Å². The third kappa shape index (κ3) is 4.23. The number of aryl methyl sites for hydroxylation is 2. The Bertz CT molecular complexity index is 401. The normalized spacial score (nSPS) is 22.4.